The van der Waals surface area contributed by atoms with Gasteiger partial charge in [-0.3, -0.25) is 19.4 Å². The molecule has 2 saturated heterocycles. The number of likely N-dealkylation sites (tertiary alicyclic amines) is 1. The number of benzene rings is 1. The van der Waals surface area contributed by atoms with Gasteiger partial charge in [-0.2, -0.15) is 0 Å². The Labute approximate surface area is 190 Å². The second-order valence-corrected chi connectivity index (χ2v) is 10.7. The first-order valence-corrected chi connectivity index (χ1v) is 11.9. The Morgan fingerprint density at radius 3 is 2.50 bits per heavy atom. The average Bonchev–Trinajstić information content (AvgIpc) is 3.31. The molecule has 0 bridgehead atoms. The number of carbonyl (C=O) groups is 3. The van der Waals surface area contributed by atoms with Crippen LogP contribution < -0.4 is 10.6 Å². The molecule has 1 spiro atoms. The number of imide groups is 1. The van der Waals surface area contributed by atoms with E-state index in [2.05, 4.69) is 48.4 Å². The molecule has 3 unspecified atom stereocenters. The zero-order valence-corrected chi connectivity index (χ0v) is 19.5. The number of hydrogen-bond donors (Lipinski definition) is 2. The summed E-state index contributed by atoms with van der Waals surface area (Å²) in [7, 11) is 0. The molecule has 4 amide bonds. The van der Waals surface area contributed by atoms with Gasteiger partial charge >= 0.3 is 6.03 Å². The van der Waals surface area contributed by atoms with Crippen LogP contribution in [0.3, 0.4) is 0 Å². The molecule has 7 heteroatoms. The Kier molecular flexibility index (Phi) is 6.30. The molecule has 32 heavy (non-hydrogen) atoms. The lowest BCUT2D eigenvalue weighted by molar-refractivity contribution is -0.137. The van der Waals surface area contributed by atoms with E-state index in [4.69, 9.17) is 0 Å². The van der Waals surface area contributed by atoms with E-state index in [1.54, 1.807) is 0 Å². The average molecular weight is 441 g/mol. The van der Waals surface area contributed by atoms with Crippen LogP contribution in [-0.4, -0.2) is 59.4 Å². The van der Waals surface area contributed by atoms with Crippen LogP contribution >= 0.6 is 0 Å². The van der Waals surface area contributed by atoms with Gasteiger partial charge in [0.25, 0.3) is 5.91 Å². The van der Waals surface area contributed by atoms with Crippen molar-refractivity contribution in [1.82, 2.24) is 20.4 Å². The van der Waals surface area contributed by atoms with Crippen LogP contribution in [0.1, 0.15) is 64.5 Å². The Morgan fingerprint density at radius 1 is 1.16 bits per heavy atom. The quantitative estimate of drug-likeness (QED) is 0.666. The number of carbonyl (C=O) groups excluding carboxylic acids is 3. The van der Waals surface area contributed by atoms with Crippen LogP contribution in [0.5, 0.6) is 0 Å². The first-order valence-electron chi connectivity index (χ1n) is 11.9. The van der Waals surface area contributed by atoms with Crippen molar-refractivity contribution in [2.24, 2.45) is 11.3 Å². The summed E-state index contributed by atoms with van der Waals surface area (Å²) in [6, 6.07) is 9.83. The second-order valence-electron chi connectivity index (χ2n) is 10.7. The van der Waals surface area contributed by atoms with Gasteiger partial charge in [0, 0.05) is 6.54 Å². The Hall–Kier alpha value is -2.41. The molecule has 0 radical (unpaired) electrons. The maximum atomic E-state index is 13.3. The third-order valence-electron chi connectivity index (χ3n) is 7.18. The van der Waals surface area contributed by atoms with Gasteiger partial charge in [-0.05, 0) is 62.1 Å². The predicted octanol–water partition coefficient (Wildman–Crippen LogP) is 3.08. The van der Waals surface area contributed by atoms with Gasteiger partial charge in [0.05, 0.1) is 6.04 Å². The minimum Gasteiger partial charge on any atom is -0.353 e. The third-order valence-corrected chi connectivity index (χ3v) is 7.18. The van der Waals surface area contributed by atoms with E-state index < -0.39 is 11.6 Å². The van der Waals surface area contributed by atoms with E-state index >= 15 is 0 Å². The molecule has 0 aromatic heterocycles. The summed E-state index contributed by atoms with van der Waals surface area (Å²) in [4.78, 5) is 42.3. The van der Waals surface area contributed by atoms with Crippen molar-refractivity contribution in [3.05, 3.63) is 35.9 Å². The van der Waals surface area contributed by atoms with Crippen molar-refractivity contribution >= 4 is 17.8 Å². The lowest BCUT2D eigenvalue weighted by atomic mass is 9.64. The maximum Gasteiger partial charge on any atom is 0.325 e. The van der Waals surface area contributed by atoms with E-state index in [9.17, 15) is 14.4 Å². The van der Waals surface area contributed by atoms with Gasteiger partial charge in [-0.1, -0.05) is 51.1 Å². The molecule has 1 aromatic rings. The maximum absolute atomic E-state index is 13.3. The summed E-state index contributed by atoms with van der Waals surface area (Å²) in [6.07, 6.45) is 4.59. The molecule has 4 rings (SSSR count). The fraction of sp³-hybridized carbons (Fsp3) is 0.640. The van der Waals surface area contributed by atoms with Crippen molar-refractivity contribution in [1.29, 1.82) is 0 Å². The zero-order chi connectivity index (χ0) is 22.9. The number of urea groups is 1. The Bertz CT molecular complexity index is 865. The topological polar surface area (TPSA) is 81.8 Å². The second kappa shape index (κ2) is 8.85. The zero-order valence-electron chi connectivity index (χ0n) is 19.5. The smallest absolute Gasteiger partial charge is 0.325 e. The third kappa shape index (κ3) is 4.68. The van der Waals surface area contributed by atoms with Gasteiger partial charge < -0.3 is 10.6 Å². The predicted molar refractivity (Wildman–Crippen MR) is 123 cm³/mol. The Morgan fingerprint density at radius 2 is 1.84 bits per heavy atom. The van der Waals surface area contributed by atoms with E-state index in [1.165, 1.54) is 5.56 Å². The van der Waals surface area contributed by atoms with Gasteiger partial charge in [0.2, 0.25) is 5.91 Å². The first kappa shape index (κ1) is 22.8. The van der Waals surface area contributed by atoms with Gasteiger partial charge in [0.15, 0.2) is 0 Å². The summed E-state index contributed by atoms with van der Waals surface area (Å²) in [5.74, 6) is -0.214. The van der Waals surface area contributed by atoms with Crippen molar-refractivity contribution in [2.45, 2.75) is 64.5 Å². The molecule has 1 saturated carbocycles. The standard InChI is InChI=1S/C25H36N4O3/c1-18-13-24(2,3)17-25(14-18)22(31)29(23(32)27-25)16-21(30)26-15-20(28-11-7-8-12-28)19-9-5-4-6-10-19/h4-6,9-10,18,20H,7-8,11-17H2,1-3H3,(H,26,30)(H,27,32). The van der Waals surface area contributed by atoms with Crippen molar-refractivity contribution < 1.29 is 14.4 Å². The van der Waals surface area contributed by atoms with Gasteiger partial charge in [0.1, 0.15) is 12.1 Å². The van der Waals surface area contributed by atoms with E-state index in [-0.39, 0.29) is 29.8 Å². The molecule has 1 aromatic carbocycles. The van der Waals surface area contributed by atoms with Crippen LogP contribution in [0, 0.1) is 11.3 Å². The van der Waals surface area contributed by atoms with E-state index in [1.807, 2.05) is 18.2 Å². The highest BCUT2D eigenvalue weighted by molar-refractivity contribution is 6.09. The molecular formula is C25H36N4O3. The molecule has 174 valence electrons. The van der Waals surface area contributed by atoms with Crippen molar-refractivity contribution in [2.75, 3.05) is 26.2 Å². The van der Waals surface area contributed by atoms with Crippen LogP contribution in [0.2, 0.25) is 0 Å². The lowest BCUT2D eigenvalue weighted by Gasteiger charge is -2.43. The number of amides is 4. The van der Waals surface area contributed by atoms with Crippen LogP contribution in [0.15, 0.2) is 30.3 Å². The van der Waals surface area contributed by atoms with Crippen molar-refractivity contribution in [3.63, 3.8) is 0 Å². The summed E-state index contributed by atoms with van der Waals surface area (Å²) < 4.78 is 0. The highest BCUT2D eigenvalue weighted by Gasteiger charge is 2.56. The fourth-order valence-corrected chi connectivity index (χ4v) is 6.25. The fourth-order valence-electron chi connectivity index (χ4n) is 6.25. The minimum atomic E-state index is -0.874. The molecule has 3 atom stereocenters. The van der Waals surface area contributed by atoms with Gasteiger partial charge in [-0.25, -0.2) is 4.79 Å². The largest absolute Gasteiger partial charge is 0.353 e. The van der Waals surface area contributed by atoms with E-state index in [0.29, 0.717) is 25.3 Å². The molecule has 1 aliphatic carbocycles. The number of hydrogen-bond acceptors (Lipinski definition) is 4. The summed E-state index contributed by atoms with van der Waals surface area (Å²) in [6.45, 7) is 8.66. The van der Waals surface area contributed by atoms with Crippen LogP contribution in [0.25, 0.3) is 0 Å². The summed E-state index contributed by atoms with van der Waals surface area (Å²) in [5.41, 5.74) is 0.264. The Balaban J connectivity index is 1.40. The summed E-state index contributed by atoms with van der Waals surface area (Å²) >= 11 is 0. The lowest BCUT2D eigenvalue weighted by Crippen LogP contribution is -2.54. The van der Waals surface area contributed by atoms with Crippen molar-refractivity contribution in [3.8, 4) is 0 Å². The van der Waals surface area contributed by atoms with E-state index in [0.717, 1.165) is 37.3 Å². The minimum absolute atomic E-state index is 0.0302. The first-order chi connectivity index (χ1) is 15.2. The number of nitrogens with zero attached hydrogens (tertiary/aromatic N) is 2. The summed E-state index contributed by atoms with van der Waals surface area (Å²) in [5, 5.41) is 5.93. The highest BCUT2D eigenvalue weighted by Crippen LogP contribution is 2.46. The van der Waals surface area contributed by atoms with Crippen LogP contribution in [-0.2, 0) is 9.59 Å². The van der Waals surface area contributed by atoms with Gasteiger partial charge in [-0.15, -0.1) is 0 Å². The molecule has 2 heterocycles. The molecule has 2 aliphatic heterocycles. The van der Waals surface area contributed by atoms with Crippen LogP contribution in [0.4, 0.5) is 4.79 Å². The monoisotopic (exact) mass is 440 g/mol. The highest BCUT2D eigenvalue weighted by atomic mass is 16.2. The number of nitrogens with one attached hydrogen (secondary N) is 2. The SMILES string of the molecule is CC1CC(C)(C)CC2(C1)NC(=O)N(CC(=O)NCC(c1ccccc1)N1CCCC1)C2=O. The molecule has 7 nitrogen and oxygen atoms in total. The number of rotatable bonds is 6. The molecule has 3 aliphatic rings. The molecular weight excluding hydrogens is 404 g/mol. The molecule has 2 N–H and O–H groups in total. The normalized spacial score (nSPS) is 28.7. The molecule has 3 fully saturated rings.